The molecule has 1 fully saturated rings. The van der Waals surface area contributed by atoms with Crippen LogP contribution in [0.2, 0.25) is 0 Å². The number of carbonyl (C=O) groups excluding carboxylic acids is 1. The Morgan fingerprint density at radius 2 is 2.29 bits per heavy atom. The van der Waals surface area contributed by atoms with Crippen molar-refractivity contribution < 1.29 is 4.79 Å². The number of carbonyl (C=O) groups is 1. The predicted molar refractivity (Wildman–Crippen MR) is 82.9 cm³/mol. The van der Waals surface area contributed by atoms with Crippen molar-refractivity contribution in [3.05, 3.63) is 29.8 Å². The van der Waals surface area contributed by atoms with E-state index in [9.17, 15) is 4.79 Å². The lowest BCUT2D eigenvalue weighted by atomic mass is 10.1. The Morgan fingerprint density at radius 1 is 1.52 bits per heavy atom. The topological polar surface area (TPSA) is 68.2 Å². The van der Waals surface area contributed by atoms with Crippen LogP contribution in [0.15, 0.2) is 24.3 Å². The highest BCUT2D eigenvalue weighted by molar-refractivity contribution is 5.89. The molecule has 1 unspecified atom stereocenters. The van der Waals surface area contributed by atoms with Crippen LogP contribution in [0.4, 0.5) is 10.5 Å². The van der Waals surface area contributed by atoms with Gasteiger partial charge in [0.1, 0.15) is 0 Å². The van der Waals surface area contributed by atoms with E-state index in [1.54, 1.807) is 4.90 Å². The van der Waals surface area contributed by atoms with Gasteiger partial charge in [-0.05, 0) is 44.5 Å². The normalized spacial score (nSPS) is 15.1. The molecule has 1 aliphatic carbocycles. The summed E-state index contributed by atoms with van der Waals surface area (Å²) in [4.78, 5) is 14.1. The Hall–Kier alpha value is -2.06. The number of nitriles is 1. The zero-order chi connectivity index (χ0) is 15.2. The summed E-state index contributed by atoms with van der Waals surface area (Å²) in [7, 11) is 1.91. The highest BCUT2D eigenvalue weighted by Gasteiger charge is 2.32. The lowest BCUT2D eigenvalue weighted by Gasteiger charge is -2.22. The third kappa shape index (κ3) is 4.20. The van der Waals surface area contributed by atoms with Crippen LogP contribution in [0.5, 0.6) is 0 Å². The summed E-state index contributed by atoms with van der Waals surface area (Å²) in [5.41, 5.74) is 1.92. The van der Waals surface area contributed by atoms with Gasteiger partial charge in [0.05, 0.1) is 12.5 Å². The number of amides is 2. The number of nitrogens with zero attached hydrogens (tertiary/aromatic N) is 2. The molecular weight excluding hydrogens is 264 g/mol. The van der Waals surface area contributed by atoms with Gasteiger partial charge in [0.15, 0.2) is 0 Å². The smallest absolute Gasteiger partial charge is 0.321 e. The van der Waals surface area contributed by atoms with Crippen molar-refractivity contribution in [2.24, 2.45) is 0 Å². The Balaban J connectivity index is 2.02. The summed E-state index contributed by atoms with van der Waals surface area (Å²) in [5, 5.41) is 14.8. The average molecular weight is 286 g/mol. The van der Waals surface area contributed by atoms with E-state index in [-0.39, 0.29) is 12.1 Å². The van der Waals surface area contributed by atoms with Gasteiger partial charge in [-0.3, -0.25) is 0 Å². The first kappa shape index (κ1) is 15.3. The molecule has 0 aliphatic heterocycles. The van der Waals surface area contributed by atoms with Crippen LogP contribution in [0.1, 0.15) is 37.8 Å². The van der Waals surface area contributed by atoms with Crippen molar-refractivity contribution in [3.63, 3.8) is 0 Å². The van der Waals surface area contributed by atoms with Gasteiger partial charge in [0, 0.05) is 24.3 Å². The van der Waals surface area contributed by atoms with E-state index in [0.717, 1.165) is 24.1 Å². The molecule has 1 aliphatic rings. The quantitative estimate of drug-likeness (QED) is 0.845. The van der Waals surface area contributed by atoms with Gasteiger partial charge < -0.3 is 15.5 Å². The zero-order valence-electron chi connectivity index (χ0n) is 12.6. The molecule has 0 radical (unpaired) electrons. The fourth-order valence-electron chi connectivity index (χ4n) is 2.25. The van der Waals surface area contributed by atoms with Crippen molar-refractivity contribution in [2.75, 3.05) is 18.9 Å². The van der Waals surface area contributed by atoms with Gasteiger partial charge >= 0.3 is 6.03 Å². The van der Waals surface area contributed by atoms with Crippen molar-refractivity contribution in [3.8, 4) is 6.07 Å². The maximum absolute atomic E-state index is 12.3. The van der Waals surface area contributed by atoms with Crippen LogP contribution in [0.3, 0.4) is 0 Å². The molecule has 0 aromatic heterocycles. The minimum atomic E-state index is -0.109. The molecule has 0 spiro atoms. The second-order valence-electron chi connectivity index (χ2n) is 5.40. The Bertz CT molecular complexity index is 533. The molecular formula is C16H22N4O. The first-order valence-electron chi connectivity index (χ1n) is 7.37. The summed E-state index contributed by atoms with van der Waals surface area (Å²) in [5.74, 6) is 0. The van der Waals surface area contributed by atoms with Gasteiger partial charge in [-0.1, -0.05) is 12.1 Å². The van der Waals surface area contributed by atoms with Crippen molar-refractivity contribution in [2.45, 2.75) is 38.3 Å². The number of anilines is 1. The third-order valence-corrected chi connectivity index (χ3v) is 3.78. The first-order valence-corrected chi connectivity index (χ1v) is 7.37. The third-order valence-electron chi connectivity index (χ3n) is 3.78. The second kappa shape index (κ2) is 7.09. The Labute approximate surface area is 125 Å². The van der Waals surface area contributed by atoms with Crippen molar-refractivity contribution in [1.82, 2.24) is 10.2 Å². The molecule has 2 N–H and O–H groups in total. The number of rotatable bonds is 6. The molecule has 1 aromatic rings. The van der Waals surface area contributed by atoms with Gasteiger partial charge in [0.25, 0.3) is 0 Å². The molecule has 2 amide bonds. The highest BCUT2D eigenvalue weighted by Crippen LogP contribution is 2.27. The van der Waals surface area contributed by atoms with E-state index in [0.29, 0.717) is 19.0 Å². The molecule has 1 aromatic carbocycles. The van der Waals surface area contributed by atoms with Crippen molar-refractivity contribution in [1.29, 1.82) is 5.26 Å². The Kier molecular flexibility index (Phi) is 5.18. The number of nitrogens with one attached hydrogen (secondary N) is 2. The molecule has 2 rings (SSSR count). The van der Waals surface area contributed by atoms with E-state index in [1.807, 2.05) is 31.3 Å². The van der Waals surface area contributed by atoms with Gasteiger partial charge in [-0.15, -0.1) is 0 Å². The molecule has 0 bridgehead atoms. The predicted octanol–water partition coefficient (Wildman–Crippen LogP) is 2.88. The largest absolute Gasteiger partial charge is 0.322 e. The SMILES string of the molecule is CNC(C)c1cccc(NC(=O)N(CCC#N)C2CC2)c1. The molecule has 0 saturated heterocycles. The summed E-state index contributed by atoms with van der Waals surface area (Å²) in [6.45, 7) is 2.57. The lowest BCUT2D eigenvalue weighted by Crippen LogP contribution is -2.37. The van der Waals surface area contributed by atoms with Crippen molar-refractivity contribution >= 4 is 11.7 Å². The number of hydrogen-bond acceptors (Lipinski definition) is 3. The molecule has 5 heteroatoms. The van der Waals surface area contributed by atoms with Crippen LogP contribution in [-0.4, -0.2) is 30.6 Å². The molecule has 21 heavy (non-hydrogen) atoms. The fourth-order valence-corrected chi connectivity index (χ4v) is 2.25. The van der Waals surface area contributed by atoms with Crippen LogP contribution >= 0.6 is 0 Å². The highest BCUT2D eigenvalue weighted by atomic mass is 16.2. The van der Waals surface area contributed by atoms with E-state index in [1.165, 1.54) is 0 Å². The number of benzene rings is 1. The monoisotopic (exact) mass is 286 g/mol. The fraction of sp³-hybridized carbons (Fsp3) is 0.500. The molecule has 112 valence electrons. The second-order valence-corrected chi connectivity index (χ2v) is 5.40. The summed E-state index contributed by atoms with van der Waals surface area (Å²) < 4.78 is 0. The van der Waals surface area contributed by atoms with Gasteiger partial charge in [-0.2, -0.15) is 5.26 Å². The molecule has 0 heterocycles. The summed E-state index contributed by atoms with van der Waals surface area (Å²) in [6, 6.07) is 10.4. The number of hydrogen-bond donors (Lipinski definition) is 2. The molecule has 1 atom stereocenters. The van der Waals surface area contributed by atoms with E-state index in [4.69, 9.17) is 5.26 Å². The maximum atomic E-state index is 12.3. The minimum absolute atomic E-state index is 0.109. The summed E-state index contributed by atoms with van der Waals surface area (Å²) >= 11 is 0. The van der Waals surface area contributed by atoms with E-state index < -0.39 is 0 Å². The van der Waals surface area contributed by atoms with Gasteiger partial charge in [0.2, 0.25) is 0 Å². The zero-order valence-corrected chi connectivity index (χ0v) is 12.6. The number of urea groups is 1. The lowest BCUT2D eigenvalue weighted by molar-refractivity contribution is 0.210. The first-order chi connectivity index (χ1) is 10.2. The summed E-state index contributed by atoms with van der Waals surface area (Å²) in [6.07, 6.45) is 2.45. The van der Waals surface area contributed by atoms with Crippen LogP contribution < -0.4 is 10.6 Å². The van der Waals surface area contributed by atoms with Crippen LogP contribution in [-0.2, 0) is 0 Å². The Morgan fingerprint density at radius 3 is 2.90 bits per heavy atom. The molecule has 5 nitrogen and oxygen atoms in total. The van der Waals surface area contributed by atoms with E-state index >= 15 is 0 Å². The van der Waals surface area contributed by atoms with E-state index in [2.05, 4.69) is 23.6 Å². The maximum Gasteiger partial charge on any atom is 0.322 e. The average Bonchev–Trinajstić information content (AvgIpc) is 3.32. The van der Waals surface area contributed by atoms with Gasteiger partial charge in [-0.25, -0.2) is 4.79 Å². The van der Waals surface area contributed by atoms with Crippen LogP contribution in [0.25, 0.3) is 0 Å². The molecule has 1 saturated carbocycles. The standard InChI is InChI=1S/C16H22N4O/c1-12(18-2)13-5-3-6-14(11-13)19-16(21)20(10-4-9-17)15-7-8-15/h3,5-6,11-12,15,18H,4,7-8,10H2,1-2H3,(H,19,21). The van der Waals surface area contributed by atoms with Crippen LogP contribution in [0, 0.1) is 11.3 Å². The minimum Gasteiger partial charge on any atom is -0.321 e.